The summed E-state index contributed by atoms with van der Waals surface area (Å²) in [6.45, 7) is 4.16. The Bertz CT molecular complexity index is 1020. The van der Waals surface area contributed by atoms with Crippen LogP contribution in [0.25, 0.3) is 10.2 Å². The van der Waals surface area contributed by atoms with Gasteiger partial charge >= 0.3 is 0 Å². The molecular formula is C18H16N2O2S3. The Hall–Kier alpha value is -1.70. The van der Waals surface area contributed by atoms with Crippen molar-refractivity contribution in [3.05, 3.63) is 55.8 Å². The molecule has 0 saturated carbocycles. The van der Waals surface area contributed by atoms with E-state index >= 15 is 0 Å². The van der Waals surface area contributed by atoms with Gasteiger partial charge in [-0.1, -0.05) is 23.9 Å². The molecule has 0 amide bonds. The number of carbonyl (C=O) groups excluding carboxylic acids is 1. The molecule has 0 unspecified atom stereocenters. The van der Waals surface area contributed by atoms with Crippen molar-refractivity contribution in [2.24, 2.45) is 0 Å². The maximum absolute atomic E-state index is 13.0. The molecule has 1 aliphatic rings. The van der Waals surface area contributed by atoms with Crippen LogP contribution in [0.5, 0.6) is 0 Å². The molecule has 25 heavy (non-hydrogen) atoms. The summed E-state index contributed by atoms with van der Waals surface area (Å²) in [5, 5.41) is 3.26. The van der Waals surface area contributed by atoms with Crippen LogP contribution in [0.4, 0.5) is 0 Å². The second-order valence-corrected chi connectivity index (χ2v) is 8.80. The molecule has 0 radical (unpaired) electrons. The van der Waals surface area contributed by atoms with Gasteiger partial charge in [0.2, 0.25) is 0 Å². The highest BCUT2D eigenvalue weighted by Gasteiger charge is 2.23. The largest absolute Gasteiger partial charge is 0.292 e. The fraction of sp³-hybridized carbons (Fsp3) is 0.278. The van der Waals surface area contributed by atoms with Crippen LogP contribution in [0.2, 0.25) is 0 Å². The van der Waals surface area contributed by atoms with Gasteiger partial charge in [0.05, 0.1) is 16.0 Å². The number of hydrogen-bond donors (Lipinski definition) is 0. The Morgan fingerprint density at radius 2 is 2.32 bits per heavy atom. The lowest BCUT2D eigenvalue weighted by molar-refractivity contribution is 0.102. The van der Waals surface area contributed by atoms with Crippen molar-refractivity contribution in [3.8, 4) is 0 Å². The highest BCUT2D eigenvalue weighted by Crippen LogP contribution is 2.35. The molecule has 3 aromatic rings. The molecule has 4 rings (SSSR count). The van der Waals surface area contributed by atoms with E-state index in [1.165, 1.54) is 33.5 Å². The van der Waals surface area contributed by atoms with Gasteiger partial charge in [-0.3, -0.25) is 14.2 Å². The number of hydrogen-bond acceptors (Lipinski definition) is 6. The third-order valence-electron chi connectivity index (χ3n) is 4.23. The molecule has 0 bridgehead atoms. The van der Waals surface area contributed by atoms with Crippen molar-refractivity contribution in [2.75, 3.05) is 5.75 Å². The molecule has 128 valence electrons. The summed E-state index contributed by atoms with van der Waals surface area (Å²) in [6.07, 6.45) is 4.82. The lowest BCUT2D eigenvalue weighted by Gasteiger charge is -2.10. The summed E-state index contributed by atoms with van der Waals surface area (Å²) in [5.41, 5.74) is 1.18. The Kier molecular flexibility index (Phi) is 4.62. The average Bonchev–Trinajstić information content (AvgIpc) is 3.31. The number of allylic oxidation sites excluding steroid dienone is 1. The average molecular weight is 389 g/mol. The summed E-state index contributed by atoms with van der Waals surface area (Å²) in [6, 6.07) is 3.69. The molecular weight excluding hydrogens is 372 g/mol. The van der Waals surface area contributed by atoms with Gasteiger partial charge in [-0.15, -0.1) is 29.3 Å². The monoisotopic (exact) mass is 388 g/mol. The molecule has 0 atom stereocenters. The summed E-state index contributed by atoms with van der Waals surface area (Å²) in [5.74, 6) is 0.342. The first-order valence-electron chi connectivity index (χ1n) is 8.04. The number of thiophene rings is 2. The minimum absolute atomic E-state index is 0.00428. The van der Waals surface area contributed by atoms with Crippen molar-refractivity contribution >= 4 is 50.4 Å². The number of nitrogens with zero attached hydrogens (tertiary/aromatic N) is 2. The molecule has 0 aromatic carbocycles. The number of ketones is 1. The van der Waals surface area contributed by atoms with Crippen molar-refractivity contribution in [3.63, 3.8) is 0 Å². The van der Waals surface area contributed by atoms with Crippen molar-refractivity contribution in [1.29, 1.82) is 0 Å². The van der Waals surface area contributed by atoms with E-state index in [1.54, 1.807) is 22.0 Å². The number of aryl methyl sites for hydroxylation is 2. The SMILES string of the molecule is C=CCn1c(SCC(=O)c2cccs2)nc2sc3c(c2c1=O)CCC3. The first kappa shape index (κ1) is 16.8. The van der Waals surface area contributed by atoms with Crippen LogP contribution < -0.4 is 5.56 Å². The van der Waals surface area contributed by atoms with Crippen LogP contribution in [0.3, 0.4) is 0 Å². The molecule has 0 saturated heterocycles. The number of carbonyl (C=O) groups is 1. The highest BCUT2D eigenvalue weighted by molar-refractivity contribution is 7.99. The van der Waals surface area contributed by atoms with E-state index in [0.29, 0.717) is 11.7 Å². The Balaban J connectivity index is 1.72. The summed E-state index contributed by atoms with van der Waals surface area (Å²) in [4.78, 5) is 32.8. The lowest BCUT2D eigenvalue weighted by Crippen LogP contribution is -2.23. The van der Waals surface area contributed by atoms with E-state index in [2.05, 4.69) is 6.58 Å². The van der Waals surface area contributed by atoms with E-state index in [4.69, 9.17) is 4.98 Å². The topological polar surface area (TPSA) is 52.0 Å². The number of rotatable bonds is 6. The third kappa shape index (κ3) is 3.01. The van der Waals surface area contributed by atoms with Crippen LogP contribution in [0.1, 0.15) is 26.5 Å². The van der Waals surface area contributed by atoms with Gasteiger partial charge in [0.1, 0.15) is 4.83 Å². The molecule has 7 heteroatoms. The maximum Gasteiger partial charge on any atom is 0.263 e. The predicted octanol–water partition coefficient (Wildman–Crippen LogP) is 4.17. The van der Waals surface area contributed by atoms with Crippen LogP contribution in [-0.4, -0.2) is 21.1 Å². The zero-order valence-corrected chi connectivity index (χ0v) is 15.9. The van der Waals surface area contributed by atoms with Crippen LogP contribution >= 0.6 is 34.4 Å². The van der Waals surface area contributed by atoms with Crippen LogP contribution in [0.15, 0.2) is 40.1 Å². The van der Waals surface area contributed by atoms with Gasteiger partial charge in [0, 0.05) is 11.4 Å². The predicted molar refractivity (Wildman–Crippen MR) is 105 cm³/mol. The molecule has 0 N–H and O–H groups in total. The van der Waals surface area contributed by atoms with Crippen molar-refractivity contribution in [1.82, 2.24) is 9.55 Å². The van der Waals surface area contributed by atoms with Gasteiger partial charge in [0.25, 0.3) is 5.56 Å². The van der Waals surface area contributed by atoms with Gasteiger partial charge < -0.3 is 0 Å². The fourth-order valence-corrected chi connectivity index (χ4v) is 6.05. The van der Waals surface area contributed by atoms with Gasteiger partial charge in [0.15, 0.2) is 10.9 Å². The molecule has 0 fully saturated rings. The summed E-state index contributed by atoms with van der Waals surface area (Å²) < 4.78 is 1.65. The Labute approximate surface area is 157 Å². The minimum Gasteiger partial charge on any atom is -0.292 e. The van der Waals surface area contributed by atoms with Gasteiger partial charge in [-0.25, -0.2) is 4.98 Å². The van der Waals surface area contributed by atoms with E-state index in [0.717, 1.165) is 34.4 Å². The van der Waals surface area contributed by atoms with E-state index < -0.39 is 0 Å². The number of Topliss-reactive ketones (excluding diaryl/α,β-unsaturated/α-hetero) is 1. The van der Waals surface area contributed by atoms with Crippen LogP contribution in [0, 0.1) is 0 Å². The molecule has 3 heterocycles. The lowest BCUT2D eigenvalue weighted by atomic mass is 10.2. The van der Waals surface area contributed by atoms with Gasteiger partial charge in [-0.05, 0) is 36.3 Å². The quantitative estimate of drug-likeness (QED) is 0.275. The zero-order chi connectivity index (χ0) is 17.4. The molecule has 0 spiro atoms. The third-order valence-corrected chi connectivity index (χ3v) is 7.30. The number of thioether (sulfide) groups is 1. The molecule has 3 aromatic heterocycles. The first-order chi connectivity index (χ1) is 12.2. The van der Waals surface area contributed by atoms with E-state index in [1.807, 2.05) is 17.5 Å². The Morgan fingerprint density at radius 1 is 1.44 bits per heavy atom. The normalized spacial score (nSPS) is 13.3. The Morgan fingerprint density at radius 3 is 3.08 bits per heavy atom. The first-order valence-corrected chi connectivity index (χ1v) is 10.7. The molecule has 1 aliphatic carbocycles. The van der Waals surface area contributed by atoms with Crippen molar-refractivity contribution in [2.45, 2.75) is 31.0 Å². The molecule has 4 nitrogen and oxygen atoms in total. The zero-order valence-electron chi connectivity index (χ0n) is 13.5. The van der Waals surface area contributed by atoms with E-state index in [-0.39, 0.29) is 17.1 Å². The van der Waals surface area contributed by atoms with E-state index in [9.17, 15) is 9.59 Å². The standard InChI is InChI=1S/C18H16N2O2S3/c1-2-8-20-17(22)15-11-5-3-6-13(11)25-16(15)19-18(20)24-10-12(21)14-7-4-9-23-14/h2,4,7,9H,1,3,5-6,8,10H2. The number of fused-ring (bicyclic) bond motifs is 3. The second-order valence-electron chi connectivity index (χ2n) is 5.83. The number of aromatic nitrogens is 2. The summed E-state index contributed by atoms with van der Waals surface area (Å²) in [7, 11) is 0. The minimum atomic E-state index is -0.00428. The highest BCUT2D eigenvalue weighted by atomic mass is 32.2. The fourth-order valence-electron chi connectivity index (χ4n) is 3.10. The molecule has 0 aliphatic heterocycles. The van der Waals surface area contributed by atoms with Crippen LogP contribution in [-0.2, 0) is 19.4 Å². The second kappa shape index (κ2) is 6.90. The van der Waals surface area contributed by atoms with Gasteiger partial charge in [-0.2, -0.15) is 0 Å². The maximum atomic E-state index is 13.0. The summed E-state index contributed by atoms with van der Waals surface area (Å²) >= 11 is 4.39. The van der Waals surface area contributed by atoms with Crippen molar-refractivity contribution < 1.29 is 4.79 Å². The smallest absolute Gasteiger partial charge is 0.263 e.